The number of carbonyl (C=O) groups is 2. The summed E-state index contributed by atoms with van der Waals surface area (Å²) in [5.41, 5.74) is 2.14. The van der Waals surface area contributed by atoms with Gasteiger partial charge in [-0.2, -0.15) is 0 Å². The fourth-order valence-electron chi connectivity index (χ4n) is 2.46. The van der Waals surface area contributed by atoms with Crippen LogP contribution < -0.4 is 10.1 Å². The van der Waals surface area contributed by atoms with E-state index in [-0.39, 0.29) is 24.5 Å². The third-order valence-electron chi connectivity index (χ3n) is 3.65. The fraction of sp³-hybridized carbons (Fsp3) is 0.333. The van der Waals surface area contributed by atoms with Gasteiger partial charge in [0.1, 0.15) is 5.75 Å². The first-order valence-electron chi connectivity index (χ1n) is 8.69. The molecule has 2 aromatic carbocycles. The maximum Gasteiger partial charge on any atom is 0.338 e. The Bertz CT molecular complexity index is 751. The zero-order valence-electron chi connectivity index (χ0n) is 15.6. The average Bonchev–Trinajstić information content (AvgIpc) is 2.60. The van der Waals surface area contributed by atoms with E-state index in [1.165, 1.54) is 0 Å². The molecule has 0 radical (unpaired) electrons. The van der Waals surface area contributed by atoms with Crippen LogP contribution >= 0.6 is 0 Å². The Balaban J connectivity index is 1.90. The molecule has 2 aromatic rings. The highest BCUT2D eigenvalue weighted by Gasteiger charge is 2.13. The highest BCUT2D eigenvalue weighted by molar-refractivity contribution is 5.96. The highest BCUT2D eigenvalue weighted by atomic mass is 16.5. The Morgan fingerprint density at radius 1 is 0.962 bits per heavy atom. The van der Waals surface area contributed by atoms with E-state index >= 15 is 0 Å². The molecule has 0 saturated heterocycles. The number of hydrogen-bond acceptors (Lipinski definition) is 4. The lowest BCUT2D eigenvalue weighted by molar-refractivity contribution is -0.119. The van der Waals surface area contributed by atoms with Gasteiger partial charge in [-0.15, -0.1) is 0 Å². The van der Waals surface area contributed by atoms with Gasteiger partial charge in [0.15, 0.2) is 6.61 Å². The number of ether oxygens (including phenoxy) is 2. The van der Waals surface area contributed by atoms with Crippen molar-refractivity contribution in [2.45, 2.75) is 39.7 Å². The summed E-state index contributed by atoms with van der Waals surface area (Å²) in [4.78, 5) is 24.2. The van der Waals surface area contributed by atoms with Crippen LogP contribution in [0.3, 0.4) is 0 Å². The van der Waals surface area contributed by atoms with Gasteiger partial charge < -0.3 is 14.8 Å². The Labute approximate surface area is 154 Å². The number of anilines is 1. The quantitative estimate of drug-likeness (QED) is 0.748. The van der Waals surface area contributed by atoms with Crippen LogP contribution in [0.5, 0.6) is 5.75 Å². The monoisotopic (exact) mass is 355 g/mol. The Morgan fingerprint density at radius 2 is 1.62 bits per heavy atom. The molecular weight excluding hydrogens is 330 g/mol. The first-order chi connectivity index (χ1) is 12.4. The smallest absolute Gasteiger partial charge is 0.338 e. The number of rotatable bonds is 7. The van der Waals surface area contributed by atoms with E-state index in [4.69, 9.17) is 9.47 Å². The van der Waals surface area contributed by atoms with Crippen molar-refractivity contribution >= 4 is 17.6 Å². The standard InChI is InChI=1S/C21H25NO4/c1-14(2)18-7-5-6-8-19(18)22-20(23)13-25-21(24)16-9-11-17(12-10-16)26-15(3)4/h5-12,14-15H,13H2,1-4H3,(H,22,23). The predicted molar refractivity (Wildman–Crippen MR) is 102 cm³/mol. The minimum Gasteiger partial charge on any atom is -0.491 e. The number of esters is 1. The van der Waals surface area contributed by atoms with E-state index in [1.54, 1.807) is 24.3 Å². The van der Waals surface area contributed by atoms with Crippen LogP contribution in [0.1, 0.15) is 49.5 Å². The summed E-state index contributed by atoms with van der Waals surface area (Å²) in [5, 5.41) is 2.79. The number of benzene rings is 2. The number of nitrogens with one attached hydrogen (secondary N) is 1. The van der Waals surface area contributed by atoms with Crippen molar-refractivity contribution in [3.8, 4) is 5.75 Å². The second kappa shape index (κ2) is 9.04. The van der Waals surface area contributed by atoms with Gasteiger partial charge in [-0.3, -0.25) is 4.79 Å². The van der Waals surface area contributed by atoms with Gasteiger partial charge >= 0.3 is 5.97 Å². The fourth-order valence-corrected chi connectivity index (χ4v) is 2.46. The van der Waals surface area contributed by atoms with Crippen molar-refractivity contribution in [2.24, 2.45) is 0 Å². The topological polar surface area (TPSA) is 64.6 Å². The Morgan fingerprint density at radius 3 is 2.23 bits per heavy atom. The molecule has 0 bridgehead atoms. The molecule has 2 rings (SSSR count). The van der Waals surface area contributed by atoms with Gasteiger partial charge in [-0.1, -0.05) is 32.0 Å². The van der Waals surface area contributed by atoms with Crippen LogP contribution in [0.2, 0.25) is 0 Å². The summed E-state index contributed by atoms with van der Waals surface area (Å²) in [5.74, 6) is 0.0415. The molecule has 1 N–H and O–H groups in total. The molecule has 1 amide bonds. The molecule has 0 aliphatic rings. The van der Waals surface area contributed by atoms with Gasteiger partial charge in [0.2, 0.25) is 0 Å². The van der Waals surface area contributed by atoms with Gasteiger partial charge in [0, 0.05) is 5.69 Å². The Hall–Kier alpha value is -2.82. The summed E-state index contributed by atoms with van der Waals surface area (Å²) in [7, 11) is 0. The van der Waals surface area contributed by atoms with Gasteiger partial charge in [-0.05, 0) is 55.7 Å². The molecule has 0 fully saturated rings. The van der Waals surface area contributed by atoms with Gasteiger partial charge in [0.05, 0.1) is 11.7 Å². The molecule has 5 nitrogen and oxygen atoms in total. The van der Waals surface area contributed by atoms with Crippen LogP contribution in [0.4, 0.5) is 5.69 Å². The molecule has 0 aliphatic heterocycles. The second-order valence-electron chi connectivity index (χ2n) is 6.56. The van der Waals surface area contributed by atoms with Crippen molar-refractivity contribution in [3.05, 3.63) is 59.7 Å². The maximum atomic E-state index is 12.1. The van der Waals surface area contributed by atoms with Crippen molar-refractivity contribution in [1.82, 2.24) is 0 Å². The Kier molecular flexibility index (Phi) is 6.78. The molecular formula is C21H25NO4. The predicted octanol–water partition coefficient (Wildman–Crippen LogP) is 4.39. The lowest BCUT2D eigenvalue weighted by Crippen LogP contribution is -2.21. The summed E-state index contributed by atoms with van der Waals surface area (Å²) >= 11 is 0. The van der Waals surface area contributed by atoms with E-state index in [0.717, 1.165) is 11.3 Å². The minimum absolute atomic E-state index is 0.0604. The summed E-state index contributed by atoms with van der Waals surface area (Å²) < 4.78 is 10.6. The first-order valence-corrected chi connectivity index (χ1v) is 8.69. The van der Waals surface area contributed by atoms with Crippen molar-refractivity contribution in [1.29, 1.82) is 0 Å². The van der Waals surface area contributed by atoms with Crippen LogP contribution in [-0.4, -0.2) is 24.6 Å². The van der Waals surface area contributed by atoms with E-state index in [1.807, 2.05) is 38.1 Å². The zero-order chi connectivity index (χ0) is 19.1. The summed E-state index contributed by atoms with van der Waals surface area (Å²) in [6, 6.07) is 14.2. The summed E-state index contributed by atoms with van der Waals surface area (Å²) in [6.07, 6.45) is 0.0604. The lowest BCUT2D eigenvalue weighted by Gasteiger charge is -2.13. The summed E-state index contributed by atoms with van der Waals surface area (Å²) in [6.45, 7) is 7.63. The lowest BCUT2D eigenvalue weighted by atomic mass is 10.0. The maximum absolute atomic E-state index is 12.1. The molecule has 138 valence electrons. The second-order valence-corrected chi connectivity index (χ2v) is 6.56. The molecule has 26 heavy (non-hydrogen) atoms. The minimum atomic E-state index is -0.548. The zero-order valence-corrected chi connectivity index (χ0v) is 15.6. The van der Waals surface area contributed by atoms with Crippen molar-refractivity contribution in [3.63, 3.8) is 0 Å². The van der Waals surface area contributed by atoms with E-state index in [9.17, 15) is 9.59 Å². The van der Waals surface area contributed by atoms with Gasteiger partial charge in [-0.25, -0.2) is 4.79 Å². The van der Waals surface area contributed by atoms with Crippen LogP contribution in [0.25, 0.3) is 0 Å². The highest BCUT2D eigenvalue weighted by Crippen LogP contribution is 2.23. The van der Waals surface area contributed by atoms with Crippen LogP contribution in [0, 0.1) is 0 Å². The molecule has 0 atom stereocenters. The molecule has 0 saturated carbocycles. The van der Waals surface area contributed by atoms with E-state index in [0.29, 0.717) is 11.3 Å². The first kappa shape index (κ1) is 19.5. The van der Waals surface area contributed by atoms with Crippen LogP contribution in [0.15, 0.2) is 48.5 Å². The van der Waals surface area contributed by atoms with Crippen molar-refractivity contribution < 1.29 is 19.1 Å². The normalized spacial score (nSPS) is 10.7. The number of amides is 1. The third kappa shape index (κ3) is 5.62. The van der Waals surface area contributed by atoms with E-state index in [2.05, 4.69) is 19.2 Å². The van der Waals surface area contributed by atoms with E-state index < -0.39 is 5.97 Å². The molecule has 0 aromatic heterocycles. The average molecular weight is 355 g/mol. The number of carbonyl (C=O) groups excluding carboxylic acids is 2. The van der Waals surface area contributed by atoms with Crippen molar-refractivity contribution in [2.75, 3.05) is 11.9 Å². The number of para-hydroxylation sites is 1. The molecule has 0 spiro atoms. The molecule has 5 heteroatoms. The molecule has 0 unspecified atom stereocenters. The van der Waals surface area contributed by atoms with Crippen LogP contribution in [-0.2, 0) is 9.53 Å². The molecule has 0 heterocycles. The van der Waals surface area contributed by atoms with Gasteiger partial charge in [0.25, 0.3) is 5.91 Å². The largest absolute Gasteiger partial charge is 0.491 e. The number of hydrogen-bond donors (Lipinski definition) is 1. The third-order valence-corrected chi connectivity index (χ3v) is 3.65. The SMILES string of the molecule is CC(C)Oc1ccc(C(=O)OCC(=O)Nc2ccccc2C(C)C)cc1. The molecule has 0 aliphatic carbocycles.